The number of aromatic nitrogens is 6. The summed E-state index contributed by atoms with van der Waals surface area (Å²) in [6.07, 6.45) is 0.825. The second-order valence-corrected chi connectivity index (χ2v) is 8.01. The summed E-state index contributed by atoms with van der Waals surface area (Å²) in [7, 11) is 1.61. The number of nitrogens with one attached hydrogen (secondary N) is 1. The molecule has 0 spiro atoms. The molecule has 34 heavy (non-hydrogen) atoms. The van der Waals surface area contributed by atoms with E-state index in [1.165, 1.54) is 4.57 Å². The van der Waals surface area contributed by atoms with Crippen LogP contribution in [0.25, 0.3) is 22.1 Å². The number of rotatable bonds is 8. The average molecular weight is 461 g/mol. The van der Waals surface area contributed by atoms with Crippen LogP contribution in [0, 0.1) is 18.8 Å². The molecule has 0 aliphatic rings. The summed E-state index contributed by atoms with van der Waals surface area (Å²) in [5, 5.41) is 4.22. The van der Waals surface area contributed by atoms with Crippen LogP contribution in [-0.2, 0) is 26.7 Å². The first kappa shape index (κ1) is 23.4. The van der Waals surface area contributed by atoms with Gasteiger partial charge in [0.15, 0.2) is 11.2 Å². The van der Waals surface area contributed by atoms with E-state index in [9.17, 15) is 9.59 Å². The van der Waals surface area contributed by atoms with Crippen molar-refractivity contribution in [3.63, 3.8) is 0 Å². The molecule has 3 N–H and O–H groups in total. The minimum absolute atomic E-state index is 0.0398. The third-order valence-electron chi connectivity index (χ3n) is 5.71. The zero-order valence-corrected chi connectivity index (χ0v) is 19.6. The van der Waals surface area contributed by atoms with Crippen molar-refractivity contribution in [1.29, 1.82) is 0 Å². The van der Waals surface area contributed by atoms with Crippen molar-refractivity contribution in [2.24, 2.45) is 12.8 Å². The van der Waals surface area contributed by atoms with Gasteiger partial charge in [0, 0.05) is 18.1 Å². The van der Waals surface area contributed by atoms with Gasteiger partial charge in [-0.3, -0.25) is 13.9 Å². The van der Waals surface area contributed by atoms with Gasteiger partial charge in [-0.05, 0) is 39.4 Å². The molecule has 3 heterocycles. The smallest absolute Gasteiger partial charge is 0.330 e. The Morgan fingerprint density at radius 3 is 2.68 bits per heavy atom. The second-order valence-electron chi connectivity index (χ2n) is 8.01. The van der Waals surface area contributed by atoms with Gasteiger partial charge in [-0.25, -0.2) is 19.7 Å². The molecule has 0 saturated heterocycles. The summed E-state index contributed by atoms with van der Waals surface area (Å²) >= 11 is 0. The molecule has 0 bridgehead atoms. The molecule has 0 radical (unpaired) electrons. The molecule has 1 aromatic carbocycles. The van der Waals surface area contributed by atoms with E-state index in [4.69, 9.17) is 5.73 Å². The van der Waals surface area contributed by atoms with E-state index < -0.39 is 11.2 Å². The molecule has 0 aliphatic heterocycles. The van der Waals surface area contributed by atoms with Gasteiger partial charge in [-0.2, -0.15) is 0 Å². The largest absolute Gasteiger partial charge is 0.332 e. The number of hydrogen-bond donors (Lipinski definition) is 2. The minimum atomic E-state index is -0.472. The highest BCUT2D eigenvalue weighted by Gasteiger charge is 2.20. The van der Waals surface area contributed by atoms with Crippen molar-refractivity contribution in [1.82, 2.24) is 34.0 Å². The first-order chi connectivity index (χ1) is 16.5. The van der Waals surface area contributed by atoms with Crippen molar-refractivity contribution >= 4 is 22.1 Å². The molecule has 0 amide bonds. The summed E-state index contributed by atoms with van der Waals surface area (Å²) in [6.45, 7) is 5.62. The third-order valence-corrected chi connectivity index (χ3v) is 5.71. The highest BCUT2D eigenvalue weighted by atomic mass is 16.2. The van der Waals surface area contributed by atoms with Crippen LogP contribution in [0.5, 0.6) is 0 Å². The van der Waals surface area contributed by atoms with Gasteiger partial charge in [-0.1, -0.05) is 24.1 Å². The highest BCUT2D eigenvalue weighted by Crippen LogP contribution is 2.15. The van der Waals surface area contributed by atoms with Crippen LogP contribution in [0.3, 0.4) is 0 Å². The first-order valence-electron chi connectivity index (χ1n) is 11.2. The molecule has 10 nitrogen and oxygen atoms in total. The van der Waals surface area contributed by atoms with Crippen LogP contribution in [0.4, 0.5) is 0 Å². The zero-order chi connectivity index (χ0) is 24.2. The Morgan fingerprint density at radius 1 is 1.12 bits per heavy atom. The molecule has 0 fully saturated rings. The standard InChI is InChI=1S/C24H28N8O2/c1-4-5-13-31-20(14-26-12-8-11-25)29-22-21(31)23(33)32(24(34)30(22)3)15-19-27-16(2)17-9-6-7-10-18(17)28-19/h6-7,9-10,26H,8,11-15,25H2,1-3H3. The third kappa shape index (κ3) is 4.35. The lowest BCUT2D eigenvalue weighted by Gasteiger charge is -2.10. The van der Waals surface area contributed by atoms with Crippen molar-refractivity contribution in [3.8, 4) is 11.8 Å². The van der Waals surface area contributed by atoms with Gasteiger partial charge in [0.2, 0.25) is 0 Å². The lowest BCUT2D eigenvalue weighted by atomic mass is 10.2. The number of benzene rings is 1. The van der Waals surface area contributed by atoms with Crippen LogP contribution in [0.15, 0.2) is 33.9 Å². The maximum atomic E-state index is 13.6. The lowest BCUT2D eigenvalue weighted by Crippen LogP contribution is -2.40. The molecule has 0 atom stereocenters. The fraction of sp³-hybridized carbons (Fsp3) is 0.375. The predicted molar refractivity (Wildman–Crippen MR) is 131 cm³/mol. The number of hydrogen-bond acceptors (Lipinski definition) is 7. The Balaban J connectivity index is 1.84. The van der Waals surface area contributed by atoms with Gasteiger partial charge in [0.05, 0.1) is 25.2 Å². The Bertz CT molecular complexity index is 1530. The van der Waals surface area contributed by atoms with Crippen LogP contribution in [0.2, 0.25) is 0 Å². The Kier molecular flexibility index (Phi) is 6.86. The van der Waals surface area contributed by atoms with E-state index in [0.717, 1.165) is 34.1 Å². The van der Waals surface area contributed by atoms with E-state index in [2.05, 4.69) is 32.1 Å². The average Bonchev–Trinajstić information content (AvgIpc) is 3.20. The first-order valence-corrected chi connectivity index (χ1v) is 11.2. The molecule has 176 valence electrons. The molecule has 0 unspecified atom stereocenters. The highest BCUT2D eigenvalue weighted by molar-refractivity contribution is 5.80. The molecular formula is C24H28N8O2. The van der Waals surface area contributed by atoms with Crippen molar-refractivity contribution < 1.29 is 0 Å². The van der Waals surface area contributed by atoms with Crippen molar-refractivity contribution in [3.05, 3.63) is 62.4 Å². The van der Waals surface area contributed by atoms with Gasteiger partial charge < -0.3 is 15.6 Å². The molecule has 4 aromatic rings. The predicted octanol–water partition coefficient (Wildman–Crippen LogP) is 0.658. The Morgan fingerprint density at radius 2 is 1.91 bits per heavy atom. The van der Waals surface area contributed by atoms with Crippen LogP contribution >= 0.6 is 0 Å². The van der Waals surface area contributed by atoms with Crippen LogP contribution in [0.1, 0.15) is 30.7 Å². The summed E-state index contributed by atoms with van der Waals surface area (Å²) in [6, 6.07) is 7.66. The van der Waals surface area contributed by atoms with Crippen molar-refractivity contribution in [2.45, 2.75) is 39.9 Å². The Hall–Kier alpha value is -3.81. The van der Waals surface area contributed by atoms with Crippen molar-refractivity contribution in [2.75, 3.05) is 13.1 Å². The molecular weight excluding hydrogens is 432 g/mol. The minimum Gasteiger partial charge on any atom is -0.330 e. The number of aryl methyl sites for hydroxylation is 2. The Labute approximate surface area is 196 Å². The van der Waals surface area contributed by atoms with E-state index >= 15 is 0 Å². The lowest BCUT2D eigenvalue weighted by molar-refractivity contribution is 0.613. The van der Waals surface area contributed by atoms with E-state index in [1.54, 1.807) is 18.5 Å². The topological polar surface area (TPSA) is 126 Å². The number of nitrogens with two attached hydrogens (primary N) is 1. The second kappa shape index (κ2) is 9.99. The fourth-order valence-electron chi connectivity index (χ4n) is 3.95. The maximum Gasteiger partial charge on any atom is 0.332 e. The SMILES string of the molecule is CC#CCn1c(CNCCCN)nc2c1c(=O)n(Cc1nc(C)c3ccccc3n1)c(=O)n2C. The summed E-state index contributed by atoms with van der Waals surface area (Å²) in [4.78, 5) is 40.5. The number of nitrogens with zero attached hydrogens (tertiary/aromatic N) is 6. The summed E-state index contributed by atoms with van der Waals surface area (Å²) < 4.78 is 4.32. The van der Waals surface area contributed by atoms with Gasteiger partial charge in [0.1, 0.15) is 11.6 Å². The van der Waals surface area contributed by atoms with E-state index in [0.29, 0.717) is 42.4 Å². The number of fused-ring (bicyclic) bond motifs is 2. The quantitative estimate of drug-likeness (QED) is 0.292. The van der Waals surface area contributed by atoms with Gasteiger partial charge in [0.25, 0.3) is 5.56 Å². The van der Waals surface area contributed by atoms with Gasteiger partial charge >= 0.3 is 5.69 Å². The fourth-order valence-corrected chi connectivity index (χ4v) is 3.95. The number of para-hydroxylation sites is 1. The zero-order valence-electron chi connectivity index (χ0n) is 19.6. The molecule has 10 heteroatoms. The number of imidazole rings is 1. The molecule has 0 aliphatic carbocycles. The molecule has 0 saturated carbocycles. The summed E-state index contributed by atoms with van der Waals surface area (Å²) in [5.74, 6) is 6.91. The van der Waals surface area contributed by atoms with Crippen LogP contribution < -0.4 is 22.3 Å². The van der Waals surface area contributed by atoms with E-state index in [-0.39, 0.29) is 6.54 Å². The normalized spacial score (nSPS) is 11.2. The molecule has 4 rings (SSSR count). The summed E-state index contributed by atoms with van der Waals surface area (Å²) in [5.41, 5.74) is 6.88. The molecule has 3 aromatic heterocycles. The van der Waals surface area contributed by atoms with E-state index in [1.807, 2.05) is 31.2 Å². The van der Waals surface area contributed by atoms with Gasteiger partial charge in [-0.15, -0.1) is 5.92 Å². The monoisotopic (exact) mass is 460 g/mol. The van der Waals surface area contributed by atoms with Crippen LogP contribution in [-0.4, -0.2) is 41.7 Å². The maximum absolute atomic E-state index is 13.6.